The van der Waals surface area contributed by atoms with Crippen LogP contribution in [0.3, 0.4) is 0 Å². The summed E-state index contributed by atoms with van der Waals surface area (Å²) in [7, 11) is 1.53. The van der Waals surface area contributed by atoms with Crippen LogP contribution < -0.4 is 15.4 Å². The van der Waals surface area contributed by atoms with Gasteiger partial charge in [-0.1, -0.05) is 11.3 Å². The van der Waals surface area contributed by atoms with Crippen molar-refractivity contribution in [3.05, 3.63) is 24.1 Å². The van der Waals surface area contributed by atoms with Crippen molar-refractivity contribution in [2.75, 3.05) is 38.7 Å². The maximum absolute atomic E-state index is 10.6. The Balaban J connectivity index is 0.000000181. The number of hydrogen-bond acceptors (Lipinski definition) is 8. The van der Waals surface area contributed by atoms with E-state index < -0.39 is 0 Å². The number of carbonyl (C=O) groups is 1. The van der Waals surface area contributed by atoms with Crippen molar-refractivity contribution in [1.82, 2.24) is 15.3 Å². The minimum atomic E-state index is 0.419. The van der Waals surface area contributed by atoms with Crippen LogP contribution in [-0.2, 0) is 9.53 Å². The molecule has 9 heteroatoms. The van der Waals surface area contributed by atoms with Crippen molar-refractivity contribution < 1.29 is 18.7 Å². The number of nitrogens with zero attached hydrogens (tertiary/aromatic N) is 2. The highest BCUT2D eigenvalue weighted by Gasteiger charge is 2.35. The molecule has 0 atom stereocenters. The summed E-state index contributed by atoms with van der Waals surface area (Å²) in [6.45, 7) is 6.31. The minimum absolute atomic E-state index is 0.419. The maximum Gasteiger partial charge on any atom is 0.241 e. The van der Waals surface area contributed by atoms with Crippen molar-refractivity contribution >= 4 is 33.1 Å². The van der Waals surface area contributed by atoms with Crippen LogP contribution in [0.15, 0.2) is 22.7 Å². The Kier molecular flexibility index (Phi) is 6.31. The lowest BCUT2D eigenvalue weighted by Gasteiger charge is -2.32. The highest BCUT2D eigenvalue weighted by molar-refractivity contribution is 7.22. The molecule has 2 aliphatic rings. The number of furan rings is 1. The molecule has 2 aliphatic heterocycles. The van der Waals surface area contributed by atoms with E-state index in [4.69, 9.17) is 13.9 Å². The Morgan fingerprint density at radius 3 is 2.77 bits per heavy atom. The second-order valence-corrected chi connectivity index (χ2v) is 8.59. The van der Waals surface area contributed by atoms with Gasteiger partial charge < -0.3 is 24.5 Å². The van der Waals surface area contributed by atoms with E-state index in [-0.39, 0.29) is 0 Å². The first-order valence-electron chi connectivity index (χ1n) is 10.0. The number of pyridine rings is 1. The van der Waals surface area contributed by atoms with Crippen molar-refractivity contribution in [2.45, 2.75) is 26.2 Å². The molecule has 3 aromatic heterocycles. The summed E-state index contributed by atoms with van der Waals surface area (Å²) in [4.78, 5) is 19.1. The Morgan fingerprint density at radius 1 is 1.30 bits per heavy atom. The zero-order valence-electron chi connectivity index (χ0n) is 17.2. The third kappa shape index (κ3) is 4.33. The van der Waals surface area contributed by atoms with E-state index in [0.29, 0.717) is 34.1 Å². The Labute approximate surface area is 179 Å². The van der Waals surface area contributed by atoms with Crippen LogP contribution in [0.5, 0.6) is 5.88 Å². The molecule has 2 fully saturated rings. The van der Waals surface area contributed by atoms with Crippen LogP contribution in [0.1, 0.15) is 25.0 Å². The zero-order valence-corrected chi connectivity index (χ0v) is 18.0. The number of anilines is 1. The molecule has 0 saturated carbocycles. The molecule has 160 valence electrons. The van der Waals surface area contributed by atoms with Gasteiger partial charge in [-0.25, -0.2) is 9.97 Å². The molecule has 0 aromatic carbocycles. The quantitative estimate of drug-likeness (QED) is 0.610. The van der Waals surface area contributed by atoms with Gasteiger partial charge in [-0.2, -0.15) is 0 Å². The van der Waals surface area contributed by atoms with Gasteiger partial charge in [-0.15, -0.1) is 0 Å². The first kappa shape index (κ1) is 20.8. The summed E-state index contributed by atoms with van der Waals surface area (Å²) in [5.41, 5.74) is 2.07. The number of aromatic nitrogens is 2. The number of thiazole rings is 1. The first-order valence-corrected chi connectivity index (χ1v) is 10.8. The number of carbonyl (C=O) groups excluding carboxylic acids is 1. The fourth-order valence-electron chi connectivity index (χ4n) is 3.93. The van der Waals surface area contributed by atoms with Crippen molar-refractivity contribution in [2.24, 2.45) is 5.41 Å². The monoisotopic (exact) mass is 430 g/mol. The number of amides is 1. The fraction of sp³-hybridized carbons (Fsp3) is 0.476. The van der Waals surface area contributed by atoms with E-state index in [1.807, 2.05) is 19.1 Å². The topological polar surface area (TPSA) is 98.5 Å². The predicted octanol–water partition coefficient (Wildman–Crippen LogP) is 3.61. The number of hydrogen-bond donors (Lipinski definition) is 2. The summed E-state index contributed by atoms with van der Waals surface area (Å²) in [5.74, 6) is 1.95. The van der Waals surface area contributed by atoms with Crippen LogP contribution in [0.25, 0.3) is 21.5 Å². The third-order valence-corrected chi connectivity index (χ3v) is 6.67. The van der Waals surface area contributed by atoms with Crippen LogP contribution >= 0.6 is 11.3 Å². The number of fused-ring (bicyclic) bond motifs is 1. The van der Waals surface area contributed by atoms with Crippen LogP contribution in [0.2, 0.25) is 0 Å². The van der Waals surface area contributed by atoms with E-state index >= 15 is 0 Å². The molecule has 0 unspecified atom stereocenters. The molecule has 3 aromatic rings. The largest absolute Gasteiger partial charge is 0.479 e. The Morgan fingerprint density at radius 2 is 2.13 bits per heavy atom. The molecular formula is C21H26N4O4S. The predicted molar refractivity (Wildman–Crippen MR) is 116 cm³/mol. The lowest BCUT2D eigenvalue weighted by atomic mass is 9.80. The van der Waals surface area contributed by atoms with Crippen molar-refractivity contribution in [3.8, 4) is 17.2 Å². The van der Waals surface area contributed by atoms with E-state index in [2.05, 4.69) is 20.6 Å². The van der Waals surface area contributed by atoms with Gasteiger partial charge in [0.15, 0.2) is 5.13 Å². The van der Waals surface area contributed by atoms with E-state index in [1.54, 1.807) is 6.20 Å². The average molecular weight is 431 g/mol. The van der Waals surface area contributed by atoms with Crippen molar-refractivity contribution in [3.63, 3.8) is 0 Å². The highest BCUT2D eigenvalue weighted by atomic mass is 32.1. The normalized spacial score (nSPS) is 17.5. The van der Waals surface area contributed by atoms with Crippen LogP contribution in [0, 0.1) is 12.3 Å². The minimum Gasteiger partial charge on any atom is -0.479 e. The van der Waals surface area contributed by atoms with E-state index in [1.165, 1.54) is 50.8 Å². The standard InChI is InChI=1S/C13H11N3O3S.C8H15NO/c1-7-3-4-9(19-7)8-5-14-12(18-2)10-11(8)20-13(16-10)15-6-17;1-4-9-7-8(1)2-5-10-6-3-8/h3-6H,1-2H3,(H,15,16,17);9H,1-7H2. The molecule has 0 radical (unpaired) electrons. The van der Waals surface area contributed by atoms with Crippen molar-refractivity contribution in [1.29, 1.82) is 0 Å². The lowest BCUT2D eigenvalue weighted by molar-refractivity contribution is -0.105. The summed E-state index contributed by atoms with van der Waals surface area (Å²) in [6.07, 6.45) is 6.20. The molecule has 5 rings (SSSR count). The second-order valence-electron chi connectivity index (χ2n) is 7.59. The Hall–Kier alpha value is -2.49. The van der Waals surface area contributed by atoms with Gasteiger partial charge >= 0.3 is 0 Å². The van der Waals surface area contributed by atoms with E-state index in [0.717, 1.165) is 29.2 Å². The number of aryl methyl sites for hydroxylation is 1. The molecule has 5 heterocycles. The van der Waals surface area contributed by atoms with Gasteiger partial charge in [0.1, 0.15) is 17.0 Å². The molecule has 8 nitrogen and oxygen atoms in total. The van der Waals surface area contributed by atoms with Gasteiger partial charge in [-0.3, -0.25) is 4.79 Å². The second kappa shape index (κ2) is 9.11. The number of ether oxygens (including phenoxy) is 2. The molecule has 1 amide bonds. The highest BCUT2D eigenvalue weighted by Crippen LogP contribution is 2.38. The molecule has 2 saturated heterocycles. The molecule has 2 N–H and O–H groups in total. The smallest absolute Gasteiger partial charge is 0.241 e. The summed E-state index contributed by atoms with van der Waals surface area (Å²) < 4.78 is 17.0. The molecule has 0 aliphatic carbocycles. The van der Waals surface area contributed by atoms with Gasteiger partial charge in [0, 0.05) is 26.0 Å². The molecule has 0 bridgehead atoms. The molecular weight excluding hydrogens is 404 g/mol. The lowest BCUT2D eigenvalue weighted by Crippen LogP contribution is -2.31. The Bertz CT molecular complexity index is 1000. The fourth-order valence-corrected chi connectivity index (χ4v) is 4.86. The zero-order chi connectivity index (χ0) is 21.0. The van der Waals surface area contributed by atoms with E-state index in [9.17, 15) is 4.79 Å². The summed E-state index contributed by atoms with van der Waals surface area (Å²) in [5, 5.41) is 6.46. The number of rotatable bonds is 4. The maximum atomic E-state index is 10.6. The van der Waals surface area contributed by atoms with Crippen LogP contribution in [-0.4, -0.2) is 49.8 Å². The average Bonchev–Trinajstić information content (AvgIpc) is 3.49. The summed E-state index contributed by atoms with van der Waals surface area (Å²) >= 11 is 1.35. The van der Waals surface area contributed by atoms with Gasteiger partial charge in [-0.05, 0) is 50.3 Å². The number of methoxy groups -OCH3 is 1. The summed E-state index contributed by atoms with van der Waals surface area (Å²) in [6, 6.07) is 3.77. The van der Waals surface area contributed by atoms with Crippen LogP contribution in [0.4, 0.5) is 5.13 Å². The molecule has 1 spiro atoms. The third-order valence-electron chi connectivity index (χ3n) is 5.65. The molecule has 30 heavy (non-hydrogen) atoms. The van der Waals surface area contributed by atoms with Gasteiger partial charge in [0.05, 0.1) is 17.4 Å². The first-order chi connectivity index (χ1) is 14.6. The van der Waals surface area contributed by atoms with Gasteiger partial charge in [0.25, 0.3) is 0 Å². The SMILES string of the molecule is C1CC2(CCOCC2)CN1.COc1ncc(-c2ccc(C)o2)c2sc(NC=O)nc12. The number of nitrogens with one attached hydrogen (secondary N) is 2. The van der Waals surface area contributed by atoms with Gasteiger partial charge in [0.2, 0.25) is 12.3 Å².